The zero-order valence-corrected chi connectivity index (χ0v) is 22.2. The Morgan fingerprint density at radius 3 is 2.31 bits per heavy atom. The summed E-state index contributed by atoms with van der Waals surface area (Å²) in [7, 11) is -3.86. The lowest BCUT2D eigenvalue weighted by molar-refractivity contribution is -0.137. The molecule has 5 rings (SSSR count). The molecule has 8 nitrogen and oxygen atoms in total. The number of alkyl halides is 3. The summed E-state index contributed by atoms with van der Waals surface area (Å²) in [5.74, 6) is -0.272. The lowest BCUT2D eigenvalue weighted by atomic mass is 10.1. The molecule has 0 bridgehead atoms. The molecule has 1 fully saturated rings. The number of amides is 1. The number of anilines is 2. The number of halogens is 4. The van der Waals surface area contributed by atoms with Crippen molar-refractivity contribution in [3.05, 3.63) is 82.0 Å². The minimum absolute atomic E-state index is 0.0400. The smallest absolute Gasteiger partial charge is 0.354 e. The standard InChI is InChI=1S/C26H25ClF3N5O3S/c27-23-14-19(26(28,29)30)15-24(33-23)34-7-9-35(10-8-34)39(37,38)22-5-3-21(4-6-22)32-25(36)17-2-1-16-12-20(31)13-18(16)11-17/h1-6,11,14-15,20H,7-10,12-13,31H2,(H,32,36). The molecule has 0 saturated carbocycles. The minimum Gasteiger partial charge on any atom is -0.354 e. The zero-order chi connectivity index (χ0) is 27.9. The molecule has 39 heavy (non-hydrogen) atoms. The van der Waals surface area contributed by atoms with Gasteiger partial charge in [-0.2, -0.15) is 17.5 Å². The maximum Gasteiger partial charge on any atom is 0.416 e. The summed E-state index contributed by atoms with van der Waals surface area (Å²) in [6.07, 6.45) is -3.06. The monoisotopic (exact) mass is 579 g/mol. The van der Waals surface area contributed by atoms with E-state index in [1.54, 1.807) is 11.0 Å². The van der Waals surface area contributed by atoms with Gasteiger partial charge in [-0.15, -0.1) is 0 Å². The Balaban J connectivity index is 1.22. The predicted molar refractivity (Wildman–Crippen MR) is 141 cm³/mol. The third kappa shape index (κ3) is 5.88. The highest BCUT2D eigenvalue weighted by atomic mass is 35.5. The maximum absolute atomic E-state index is 13.2. The van der Waals surface area contributed by atoms with Crippen LogP contribution in [0.3, 0.4) is 0 Å². The SMILES string of the molecule is NC1Cc2ccc(C(=O)Nc3ccc(S(=O)(=O)N4CCN(c5cc(C(F)(F)F)cc(Cl)n5)CC4)cc3)cc2C1. The van der Waals surface area contributed by atoms with Crippen molar-refractivity contribution in [1.82, 2.24) is 9.29 Å². The van der Waals surface area contributed by atoms with Crippen molar-refractivity contribution in [3.63, 3.8) is 0 Å². The molecule has 1 unspecified atom stereocenters. The van der Waals surface area contributed by atoms with Gasteiger partial charge in [-0.05, 0) is 72.5 Å². The highest BCUT2D eigenvalue weighted by Gasteiger charge is 2.33. The number of piperazine rings is 1. The van der Waals surface area contributed by atoms with Gasteiger partial charge in [-0.3, -0.25) is 4.79 Å². The molecule has 1 saturated heterocycles. The Kier molecular flexibility index (Phi) is 7.31. The number of carbonyl (C=O) groups is 1. The molecule has 3 N–H and O–H groups in total. The minimum atomic E-state index is -4.58. The molecule has 1 amide bonds. The van der Waals surface area contributed by atoms with Crippen LogP contribution in [-0.4, -0.2) is 55.8 Å². The van der Waals surface area contributed by atoms with E-state index in [2.05, 4.69) is 10.3 Å². The molecule has 0 radical (unpaired) electrons. The van der Waals surface area contributed by atoms with Crippen molar-refractivity contribution >= 4 is 39.0 Å². The fourth-order valence-electron chi connectivity index (χ4n) is 4.82. The normalized spacial score (nSPS) is 18.2. The van der Waals surface area contributed by atoms with E-state index < -0.39 is 21.8 Å². The summed E-state index contributed by atoms with van der Waals surface area (Å²) >= 11 is 5.79. The van der Waals surface area contributed by atoms with E-state index in [9.17, 15) is 26.4 Å². The van der Waals surface area contributed by atoms with Gasteiger partial charge in [0.2, 0.25) is 10.0 Å². The van der Waals surface area contributed by atoms with Gasteiger partial charge in [0, 0.05) is 43.5 Å². The topological polar surface area (TPSA) is 109 Å². The lowest BCUT2D eigenvalue weighted by Crippen LogP contribution is -2.49. The van der Waals surface area contributed by atoms with Gasteiger partial charge >= 0.3 is 6.18 Å². The van der Waals surface area contributed by atoms with Crippen LogP contribution < -0.4 is 16.0 Å². The van der Waals surface area contributed by atoms with E-state index in [-0.39, 0.29) is 54.0 Å². The van der Waals surface area contributed by atoms with E-state index in [0.29, 0.717) is 11.3 Å². The second-order valence-corrected chi connectivity index (χ2v) is 11.9. The van der Waals surface area contributed by atoms with Crippen LogP contribution in [0.2, 0.25) is 5.15 Å². The summed E-state index contributed by atoms with van der Waals surface area (Å²) in [6, 6.07) is 13.0. The molecule has 2 aromatic carbocycles. The van der Waals surface area contributed by atoms with E-state index in [4.69, 9.17) is 17.3 Å². The van der Waals surface area contributed by atoms with Crippen molar-refractivity contribution in [2.45, 2.75) is 30.0 Å². The first-order chi connectivity index (χ1) is 18.4. The van der Waals surface area contributed by atoms with Crippen molar-refractivity contribution in [1.29, 1.82) is 0 Å². The summed E-state index contributed by atoms with van der Waals surface area (Å²) in [5.41, 5.74) is 8.21. The summed E-state index contributed by atoms with van der Waals surface area (Å²) in [5, 5.41) is 2.49. The van der Waals surface area contributed by atoms with Crippen LogP contribution >= 0.6 is 11.6 Å². The number of sulfonamides is 1. The van der Waals surface area contributed by atoms with E-state index in [0.717, 1.165) is 36.1 Å². The summed E-state index contributed by atoms with van der Waals surface area (Å²) in [4.78, 5) is 18.3. The summed E-state index contributed by atoms with van der Waals surface area (Å²) in [6.45, 7) is 0.393. The number of hydrogen-bond acceptors (Lipinski definition) is 6. The highest BCUT2D eigenvalue weighted by molar-refractivity contribution is 7.89. The number of nitrogens with zero attached hydrogens (tertiary/aromatic N) is 3. The maximum atomic E-state index is 13.2. The van der Waals surface area contributed by atoms with Gasteiger partial charge in [0.1, 0.15) is 11.0 Å². The Hall–Kier alpha value is -3.19. The van der Waals surface area contributed by atoms with Crippen LogP contribution in [0.1, 0.15) is 27.0 Å². The number of nitrogens with two attached hydrogens (primary N) is 1. The van der Waals surface area contributed by atoms with Crippen LogP contribution in [0, 0.1) is 0 Å². The molecular formula is C26H25ClF3N5O3S. The fourth-order valence-corrected chi connectivity index (χ4v) is 6.45. The van der Waals surface area contributed by atoms with E-state index in [1.165, 1.54) is 28.6 Å². The van der Waals surface area contributed by atoms with Gasteiger partial charge in [0.25, 0.3) is 5.91 Å². The largest absolute Gasteiger partial charge is 0.416 e. The van der Waals surface area contributed by atoms with Crippen LogP contribution in [0.25, 0.3) is 0 Å². The zero-order valence-electron chi connectivity index (χ0n) is 20.6. The molecule has 13 heteroatoms. The van der Waals surface area contributed by atoms with Crippen molar-refractivity contribution < 1.29 is 26.4 Å². The first-order valence-electron chi connectivity index (χ1n) is 12.2. The quantitative estimate of drug-likeness (QED) is 0.443. The number of pyridine rings is 1. The molecule has 1 aliphatic carbocycles. The van der Waals surface area contributed by atoms with Gasteiger partial charge < -0.3 is 16.0 Å². The highest BCUT2D eigenvalue weighted by Crippen LogP contribution is 2.33. The summed E-state index contributed by atoms with van der Waals surface area (Å²) < 4.78 is 67.1. The number of carbonyl (C=O) groups excluding carboxylic acids is 1. The van der Waals surface area contributed by atoms with E-state index >= 15 is 0 Å². The Bertz CT molecular complexity index is 1510. The van der Waals surface area contributed by atoms with Crippen LogP contribution in [0.5, 0.6) is 0 Å². The number of rotatable bonds is 5. The van der Waals surface area contributed by atoms with Crippen molar-refractivity contribution in [3.8, 4) is 0 Å². The molecule has 3 aromatic rings. The number of fused-ring (bicyclic) bond motifs is 1. The fraction of sp³-hybridized carbons (Fsp3) is 0.308. The predicted octanol–water partition coefficient (Wildman–Crippen LogP) is 3.94. The molecule has 1 atom stereocenters. The molecule has 1 aliphatic heterocycles. The van der Waals surface area contributed by atoms with Crippen molar-refractivity contribution in [2.24, 2.45) is 5.73 Å². The molecule has 2 aliphatic rings. The van der Waals surface area contributed by atoms with E-state index in [1.807, 2.05) is 12.1 Å². The Morgan fingerprint density at radius 1 is 0.974 bits per heavy atom. The molecule has 206 valence electrons. The lowest BCUT2D eigenvalue weighted by Gasteiger charge is -2.35. The average Bonchev–Trinajstić information content (AvgIpc) is 3.27. The third-order valence-corrected chi connectivity index (χ3v) is 8.96. The number of hydrogen-bond donors (Lipinski definition) is 2. The second kappa shape index (κ2) is 10.4. The average molecular weight is 580 g/mol. The van der Waals surface area contributed by atoms with Gasteiger partial charge in [-0.25, -0.2) is 13.4 Å². The molecule has 1 aromatic heterocycles. The molecular weight excluding hydrogens is 555 g/mol. The van der Waals surface area contributed by atoms with Crippen LogP contribution in [0.15, 0.2) is 59.5 Å². The number of benzene rings is 2. The first kappa shape index (κ1) is 27.4. The second-order valence-electron chi connectivity index (χ2n) is 9.56. The van der Waals surface area contributed by atoms with Gasteiger partial charge in [-0.1, -0.05) is 17.7 Å². The van der Waals surface area contributed by atoms with Gasteiger partial charge in [0.05, 0.1) is 10.5 Å². The van der Waals surface area contributed by atoms with Gasteiger partial charge in [0.15, 0.2) is 0 Å². The number of aromatic nitrogens is 1. The Morgan fingerprint density at radius 2 is 1.64 bits per heavy atom. The van der Waals surface area contributed by atoms with Crippen LogP contribution in [0.4, 0.5) is 24.7 Å². The third-order valence-electron chi connectivity index (χ3n) is 6.85. The van der Waals surface area contributed by atoms with Crippen molar-refractivity contribution in [2.75, 3.05) is 36.4 Å². The van der Waals surface area contributed by atoms with Crippen LogP contribution in [-0.2, 0) is 29.0 Å². The molecule has 2 heterocycles. The Labute approximate surface area is 228 Å². The first-order valence-corrected chi connectivity index (χ1v) is 14.0. The molecule has 0 spiro atoms. The number of nitrogens with one attached hydrogen (secondary N) is 1.